The Morgan fingerprint density at radius 1 is 1.11 bits per heavy atom. The Labute approximate surface area is 218 Å². The van der Waals surface area contributed by atoms with Crippen molar-refractivity contribution in [3.63, 3.8) is 0 Å². The number of anilines is 2. The number of hydrogen-bond donors (Lipinski definition) is 0. The van der Waals surface area contributed by atoms with Crippen LogP contribution in [0.1, 0.15) is 27.2 Å². The predicted octanol–water partition coefficient (Wildman–Crippen LogP) is 4.38. The molecule has 1 spiro atoms. The number of amides is 1. The molecule has 11 heteroatoms. The number of halogens is 3. The highest BCUT2D eigenvalue weighted by Gasteiger charge is 2.50. The first-order chi connectivity index (χ1) is 16.4. The molecular formula is C24H31BrClFN6O2. The van der Waals surface area contributed by atoms with E-state index >= 15 is 4.39 Å². The summed E-state index contributed by atoms with van der Waals surface area (Å²) < 4.78 is 21.1. The summed E-state index contributed by atoms with van der Waals surface area (Å²) in [6.07, 6.45) is 0.652. The van der Waals surface area contributed by atoms with Crippen LogP contribution in [-0.2, 0) is 4.74 Å². The maximum atomic E-state index is 15.3. The molecule has 3 aliphatic rings. The number of carbonyl (C=O) groups is 1. The van der Waals surface area contributed by atoms with E-state index in [1.165, 1.54) is 0 Å². The standard InChI is InChI=1S/C24H31BrClFN6O2/c1-23(2,3)35-22(34)33-13-24(14-33)5-6-32(12-24)20-15-11-16(26)17(25)18(27)19(15)28-21(29-20)31-9-7-30(4)8-10-31/h11H,5-10,12-14H2,1-4H3. The number of benzene rings is 1. The van der Waals surface area contributed by atoms with Gasteiger partial charge in [-0.1, -0.05) is 11.6 Å². The summed E-state index contributed by atoms with van der Waals surface area (Å²) in [6.45, 7) is 11.8. The van der Waals surface area contributed by atoms with Crippen molar-refractivity contribution < 1.29 is 13.9 Å². The van der Waals surface area contributed by atoms with Crippen molar-refractivity contribution >= 4 is 56.3 Å². The maximum absolute atomic E-state index is 15.3. The average molecular weight is 570 g/mol. The van der Waals surface area contributed by atoms with Crippen LogP contribution in [0.2, 0.25) is 5.02 Å². The molecule has 190 valence electrons. The summed E-state index contributed by atoms with van der Waals surface area (Å²) in [4.78, 5) is 30.4. The first kappa shape index (κ1) is 24.8. The monoisotopic (exact) mass is 568 g/mol. The van der Waals surface area contributed by atoms with Gasteiger partial charge in [-0.05, 0) is 56.2 Å². The van der Waals surface area contributed by atoms with E-state index in [-0.39, 0.29) is 21.5 Å². The number of fused-ring (bicyclic) bond motifs is 1. The number of rotatable bonds is 2. The molecule has 1 amide bonds. The fraction of sp³-hybridized carbons (Fsp3) is 0.625. The number of likely N-dealkylation sites (N-methyl/N-ethyl adjacent to an activating group) is 1. The normalized spacial score (nSPS) is 20.6. The molecule has 1 aromatic heterocycles. The van der Waals surface area contributed by atoms with Crippen molar-refractivity contribution in [2.75, 3.05) is 69.2 Å². The van der Waals surface area contributed by atoms with E-state index in [4.69, 9.17) is 21.3 Å². The number of aromatic nitrogens is 2. The van der Waals surface area contributed by atoms with Crippen LogP contribution in [0.25, 0.3) is 10.9 Å². The van der Waals surface area contributed by atoms with Gasteiger partial charge >= 0.3 is 6.09 Å². The van der Waals surface area contributed by atoms with Gasteiger partial charge in [0.15, 0.2) is 5.82 Å². The van der Waals surface area contributed by atoms with Gasteiger partial charge in [-0.2, -0.15) is 4.98 Å². The number of piperazine rings is 1. The lowest BCUT2D eigenvalue weighted by atomic mass is 9.79. The third kappa shape index (κ3) is 4.76. The van der Waals surface area contributed by atoms with Crippen LogP contribution < -0.4 is 9.80 Å². The molecule has 0 aliphatic carbocycles. The fourth-order valence-corrected chi connectivity index (χ4v) is 5.62. The minimum atomic E-state index is -0.515. The highest BCUT2D eigenvalue weighted by Crippen LogP contribution is 2.44. The molecule has 35 heavy (non-hydrogen) atoms. The van der Waals surface area contributed by atoms with Crippen LogP contribution in [0, 0.1) is 11.2 Å². The van der Waals surface area contributed by atoms with E-state index in [0.29, 0.717) is 35.3 Å². The van der Waals surface area contributed by atoms with Gasteiger partial charge in [-0.3, -0.25) is 0 Å². The predicted molar refractivity (Wildman–Crippen MR) is 139 cm³/mol. The van der Waals surface area contributed by atoms with Crippen molar-refractivity contribution in [2.24, 2.45) is 5.41 Å². The van der Waals surface area contributed by atoms with Gasteiger partial charge in [0.1, 0.15) is 16.9 Å². The topological polar surface area (TPSA) is 65.0 Å². The van der Waals surface area contributed by atoms with Crippen LogP contribution in [0.4, 0.5) is 21.0 Å². The van der Waals surface area contributed by atoms with Crippen LogP contribution in [0.5, 0.6) is 0 Å². The number of carbonyl (C=O) groups excluding carboxylic acids is 1. The van der Waals surface area contributed by atoms with Gasteiger partial charge in [-0.15, -0.1) is 0 Å². The number of likely N-dealkylation sites (tertiary alicyclic amines) is 1. The minimum Gasteiger partial charge on any atom is -0.444 e. The summed E-state index contributed by atoms with van der Waals surface area (Å²) in [6, 6.07) is 1.74. The van der Waals surface area contributed by atoms with Crippen molar-refractivity contribution in [1.82, 2.24) is 19.8 Å². The number of hydrogen-bond acceptors (Lipinski definition) is 7. The summed E-state index contributed by atoms with van der Waals surface area (Å²) in [5.74, 6) is 0.767. The summed E-state index contributed by atoms with van der Waals surface area (Å²) in [7, 11) is 2.09. The van der Waals surface area contributed by atoms with Gasteiger partial charge in [0.25, 0.3) is 0 Å². The molecule has 0 unspecified atom stereocenters. The SMILES string of the molecule is CN1CCN(c2nc(N3CCC4(CN(C(=O)OC(C)(C)C)C4)C3)c3cc(Cl)c(Br)c(F)c3n2)CC1. The average Bonchev–Trinajstić information content (AvgIpc) is 3.21. The zero-order valence-corrected chi connectivity index (χ0v) is 22.9. The Bertz CT molecular complexity index is 1160. The highest BCUT2D eigenvalue weighted by atomic mass is 79.9. The van der Waals surface area contributed by atoms with Crippen molar-refractivity contribution in [3.8, 4) is 0 Å². The molecule has 0 N–H and O–H groups in total. The molecule has 3 aliphatic heterocycles. The van der Waals surface area contributed by atoms with Gasteiger partial charge in [0, 0.05) is 63.2 Å². The van der Waals surface area contributed by atoms with Crippen LogP contribution in [0.15, 0.2) is 10.5 Å². The fourth-order valence-electron chi connectivity index (χ4n) is 5.13. The lowest BCUT2D eigenvalue weighted by molar-refractivity contribution is -0.0266. The van der Waals surface area contributed by atoms with Crippen molar-refractivity contribution in [2.45, 2.75) is 32.8 Å². The molecule has 3 saturated heterocycles. The Hall–Kier alpha value is -1.91. The second kappa shape index (κ2) is 8.88. The molecule has 1 aromatic carbocycles. The third-order valence-corrected chi connectivity index (χ3v) is 8.32. The quantitative estimate of drug-likeness (QED) is 0.497. The minimum absolute atomic E-state index is 0.0140. The molecule has 4 heterocycles. The van der Waals surface area contributed by atoms with Crippen molar-refractivity contribution in [1.29, 1.82) is 0 Å². The summed E-state index contributed by atoms with van der Waals surface area (Å²) in [5.41, 5.74) is -0.261. The first-order valence-corrected chi connectivity index (χ1v) is 13.1. The van der Waals surface area contributed by atoms with Crippen molar-refractivity contribution in [3.05, 3.63) is 21.4 Å². The Morgan fingerprint density at radius 2 is 1.80 bits per heavy atom. The van der Waals surface area contributed by atoms with E-state index in [2.05, 4.69) is 42.7 Å². The lowest BCUT2D eigenvalue weighted by Crippen LogP contribution is -2.60. The molecule has 8 nitrogen and oxygen atoms in total. The smallest absolute Gasteiger partial charge is 0.410 e. The summed E-state index contributed by atoms with van der Waals surface area (Å²) in [5, 5.41) is 0.898. The molecule has 3 fully saturated rings. The Balaban J connectivity index is 1.43. The van der Waals surface area contributed by atoms with E-state index in [1.807, 2.05) is 20.8 Å². The lowest BCUT2D eigenvalue weighted by Gasteiger charge is -2.47. The van der Waals surface area contributed by atoms with E-state index in [1.54, 1.807) is 11.0 Å². The first-order valence-electron chi connectivity index (χ1n) is 12.0. The zero-order chi connectivity index (χ0) is 25.1. The van der Waals surface area contributed by atoms with Crippen LogP contribution >= 0.6 is 27.5 Å². The van der Waals surface area contributed by atoms with Gasteiger partial charge in [0.05, 0.1) is 9.50 Å². The summed E-state index contributed by atoms with van der Waals surface area (Å²) >= 11 is 9.61. The maximum Gasteiger partial charge on any atom is 0.410 e. The molecule has 2 aromatic rings. The zero-order valence-electron chi connectivity index (χ0n) is 20.6. The number of ether oxygens (including phenoxy) is 1. The van der Waals surface area contributed by atoms with E-state index < -0.39 is 11.4 Å². The van der Waals surface area contributed by atoms with Gasteiger partial charge < -0.3 is 24.3 Å². The molecule has 5 rings (SSSR count). The van der Waals surface area contributed by atoms with Gasteiger partial charge in [-0.25, -0.2) is 14.2 Å². The van der Waals surface area contributed by atoms with E-state index in [0.717, 1.165) is 45.7 Å². The molecular weight excluding hydrogens is 539 g/mol. The Morgan fingerprint density at radius 3 is 2.46 bits per heavy atom. The Kier molecular flexibility index (Phi) is 6.29. The highest BCUT2D eigenvalue weighted by molar-refractivity contribution is 9.10. The molecule has 0 saturated carbocycles. The second-order valence-electron chi connectivity index (χ2n) is 11.0. The van der Waals surface area contributed by atoms with Crippen LogP contribution in [-0.4, -0.2) is 90.9 Å². The molecule has 0 radical (unpaired) electrons. The molecule has 0 bridgehead atoms. The van der Waals surface area contributed by atoms with Crippen LogP contribution in [0.3, 0.4) is 0 Å². The largest absolute Gasteiger partial charge is 0.444 e. The second-order valence-corrected chi connectivity index (χ2v) is 12.2. The van der Waals surface area contributed by atoms with E-state index in [9.17, 15) is 4.79 Å². The van der Waals surface area contributed by atoms with Gasteiger partial charge in [0.2, 0.25) is 5.95 Å². The molecule has 0 atom stereocenters. The third-order valence-electron chi connectivity index (χ3n) is 7.02. The number of nitrogens with zero attached hydrogens (tertiary/aromatic N) is 6.